The van der Waals surface area contributed by atoms with Crippen LogP contribution in [0.3, 0.4) is 0 Å². The van der Waals surface area contributed by atoms with Gasteiger partial charge in [-0.3, -0.25) is 62.7 Å². The number of rotatable bonds is 47. The molecule has 12 atom stereocenters. The molecule has 1 fully saturated rings. The van der Waals surface area contributed by atoms with Crippen molar-refractivity contribution in [1.29, 1.82) is 0 Å². The highest BCUT2D eigenvalue weighted by Gasteiger charge is 2.41. The molecule has 3 rings (SSSR count). The Morgan fingerprint density at radius 1 is 0.588 bits per heavy atom. The van der Waals surface area contributed by atoms with Crippen LogP contribution in [0.4, 0.5) is 0 Å². The number of aliphatic hydroxyl groups is 2. The molecule has 0 saturated carbocycles. The molecule has 0 unspecified atom stereocenters. The van der Waals surface area contributed by atoms with Crippen molar-refractivity contribution < 1.29 is 72.9 Å². The number of aliphatic hydroxyl groups excluding tert-OH is 2. The lowest BCUT2D eigenvalue weighted by molar-refractivity contribution is -0.144. The third-order valence-electron chi connectivity index (χ3n) is 16.6. The summed E-state index contributed by atoms with van der Waals surface area (Å²) in [5.41, 5.74) is 35.6. The number of thioether (sulfide) groups is 1. The Balaban J connectivity index is 1.98. The minimum Gasteiger partial charge on any atom is -0.480 e. The number of carbonyl (C=O) groups excluding carboxylic acids is 11. The quantitative estimate of drug-likeness (QED) is 0.0129. The number of fused-ring (bicyclic) bond motifs is 1. The van der Waals surface area contributed by atoms with E-state index in [1.54, 1.807) is 58.2 Å². The summed E-state index contributed by atoms with van der Waals surface area (Å²) in [6.45, 7) is 8.74. The molecular weight excluding hydrogens is 1360 g/mol. The minimum absolute atomic E-state index is 0.0309. The fourth-order valence-electron chi connectivity index (χ4n) is 11.1. The summed E-state index contributed by atoms with van der Waals surface area (Å²) >= 11 is 5.75. The van der Waals surface area contributed by atoms with Gasteiger partial charge < -0.3 is 113 Å². The van der Waals surface area contributed by atoms with Crippen molar-refractivity contribution in [3.8, 4) is 0 Å². The van der Waals surface area contributed by atoms with Crippen molar-refractivity contribution in [3.05, 3.63) is 36.0 Å². The molecule has 102 heavy (non-hydrogen) atoms. The van der Waals surface area contributed by atoms with Crippen molar-refractivity contribution in [2.45, 2.75) is 198 Å². The van der Waals surface area contributed by atoms with Crippen molar-refractivity contribution in [1.82, 2.24) is 63.1 Å². The number of thiol groups is 1. The van der Waals surface area contributed by atoms with Gasteiger partial charge in [-0.2, -0.15) is 24.4 Å². The molecule has 0 radical (unpaired) electrons. The molecule has 2 heterocycles. The number of nitrogens with two attached hydrogens (primary N) is 6. The number of para-hydroxylation sites is 1. The molecule has 0 spiro atoms. The normalized spacial score (nSPS) is 16.1. The van der Waals surface area contributed by atoms with E-state index < -0.39 is 163 Å². The molecule has 0 bridgehead atoms. The molecule has 37 heteroatoms. The van der Waals surface area contributed by atoms with Crippen molar-refractivity contribution in [2.24, 2.45) is 62.1 Å². The van der Waals surface area contributed by atoms with Crippen LogP contribution in [0.1, 0.15) is 124 Å². The number of nitrogens with zero attached hydrogens (tertiary/aromatic N) is 3. The standard InChI is InChI=1S/C65H110N20O15S2/c1-34(2)27-44(78-52(88)39(67)21-26-102-7)56(92)76-43(19-13-24-73-65(70)71)54(90)79-45(29-37-30-74-40-16-9-8-15-38(37)40)57(93)81-47(31-86)58(94)77-42(18-12-23-72-64(68)69)53(89)75-41(17-10-11-22-66)55(91)80-46(28-35(3)4)62(98)85-25-14-20-50(85)60(96)83-49(33-101)59(95)84-51(36(5)6)61(97)82-48(32-87)63(99)100/h8-9,15-16,30,34-36,39,41-51,74,86-87,101H,10-14,17-29,31-33,66-67H2,1-7H3,(H,75,89)(H,76,92)(H,77,94)(H,78,88)(H,79,90)(H,80,91)(H,81,93)(H,82,97)(H,83,96)(H,84,95)(H,99,100)(H4,68,69,72)(H4,70,71,73)/t39-,41-,42-,43-,44-,45-,46-,47-,48-,49-,50-,51-/m0/s1. The number of likely N-dealkylation sites (tertiary alicyclic amines) is 1. The number of amides is 11. The summed E-state index contributed by atoms with van der Waals surface area (Å²) < 4.78 is 0. The lowest BCUT2D eigenvalue weighted by Crippen LogP contribution is -2.61. The third-order valence-corrected chi connectivity index (χ3v) is 17.6. The molecule has 1 saturated heterocycles. The Hall–Kier alpha value is -8.52. The number of hydrogen-bond acceptors (Lipinski definition) is 20. The van der Waals surface area contributed by atoms with Gasteiger partial charge >= 0.3 is 5.97 Å². The van der Waals surface area contributed by atoms with Crippen LogP contribution in [0, 0.1) is 17.8 Å². The maximum Gasteiger partial charge on any atom is 0.328 e. The lowest BCUT2D eigenvalue weighted by atomic mass is 10.0. The van der Waals surface area contributed by atoms with Crippen molar-refractivity contribution in [2.75, 3.05) is 57.2 Å². The summed E-state index contributed by atoms with van der Waals surface area (Å²) in [6.07, 6.45) is 4.90. The molecule has 1 aromatic heterocycles. The molecule has 26 N–H and O–H groups in total. The highest BCUT2D eigenvalue weighted by atomic mass is 32.2. The van der Waals surface area contributed by atoms with Gasteiger partial charge in [-0.1, -0.05) is 59.7 Å². The lowest BCUT2D eigenvalue weighted by Gasteiger charge is -2.32. The van der Waals surface area contributed by atoms with Crippen LogP contribution in [-0.4, -0.2) is 238 Å². The van der Waals surface area contributed by atoms with E-state index >= 15 is 0 Å². The maximum atomic E-state index is 14.8. The second kappa shape index (κ2) is 45.5. The van der Waals surface area contributed by atoms with Crippen LogP contribution in [0.15, 0.2) is 40.4 Å². The van der Waals surface area contributed by atoms with Gasteiger partial charge in [0.05, 0.1) is 19.3 Å². The average molecular weight is 1480 g/mol. The van der Waals surface area contributed by atoms with E-state index in [0.29, 0.717) is 41.5 Å². The Bertz CT molecular complexity index is 3170. The number of aromatic nitrogens is 1. The Morgan fingerprint density at radius 3 is 1.57 bits per heavy atom. The summed E-state index contributed by atoms with van der Waals surface area (Å²) in [5, 5.41) is 56.4. The van der Waals surface area contributed by atoms with Gasteiger partial charge in [0.1, 0.15) is 66.5 Å². The largest absolute Gasteiger partial charge is 0.480 e. The molecule has 572 valence electrons. The molecule has 1 aromatic carbocycles. The smallest absolute Gasteiger partial charge is 0.328 e. The zero-order chi connectivity index (χ0) is 76.3. The number of hydrogen-bond donors (Lipinski definition) is 21. The van der Waals surface area contributed by atoms with Crippen LogP contribution >= 0.6 is 24.4 Å². The molecule has 1 aliphatic rings. The number of H-pyrrole nitrogens is 1. The first-order chi connectivity index (χ1) is 48.3. The van der Waals surface area contributed by atoms with Gasteiger partial charge in [-0.15, -0.1) is 0 Å². The summed E-state index contributed by atoms with van der Waals surface area (Å²) in [6, 6.07) is -9.30. The van der Waals surface area contributed by atoms with Crippen LogP contribution in [0.25, 0.3) is 10.9 Å². The number of aliphatic carboxylic acids is 1. The van der Waals surface area contributed by atoms with Crippen LogP contribution in [-0.2, 0) is 64.0 Å². The fourth-order valence-corrected chi connectivity index (χ4v) is 11.9. The highest BCUT2D eigenvalue weighted by molar-refractivity contribution is 7.98. The number of aliphatic imine (C=N–C) groups is 2. The number of aromatic amines is 1. The Kier molecular flexibility index (Phi) is 39.1. The van der Waals surface area contributed by atoms with Gasteiger partial charge in [0, 0.05) is 48.9 Å². The van der Waals surface area contributed by atoms with Crippen LogP contribution < -0.4 is 87.6 Å². The first-order valence-electron chi connectivity index (χ1n) is 34.3. The van der Waals surface area contributed by atoms with Gasteiger partial charge in [-0.05, 0) is 125 Å². The van der Waals surface area contributed by atoms with E-state index in [4.69, 9.17) is 34.4 Å². The fraction of sp³-hybridized carbons (Fsp3) is 0.662. The molecule has 2 aromatic rings. The predicted octanol–water partition coefficient (Wildman–Crippen LogP) is -4.39. The topological polar surface area (TPSA) is 586 Å². The van der Waals surface area contributed by atoms with E-state index in [0.717, 1.165) is 0 Å². The number of carboxylic acids is 1. The molecule has 0 aliphatic carbocycles. The zero-order valence-electron chi connectivity index (χ0n) is 59.3. The van der Waals surface area contributed by atoms with Crippen LogP contribution in [0.5, 0.6) is 0 Å². The second-order valence-corrected chi connectivity index (χ2v) is 27.6. The van der Waals surface area contributed by atoms with Gasteiger partial charge in [0.15, 0.2) is 11.9 Å². The van der Waals surface area contributed by atoms with Crippen LogP contribution in [0.2, 0.25) is 0 Å². The second-order valence-electron chi connectivity index (χ2n) is 26.2. The Labute approximate surface area is 604 Å². The molecule has 1 aliphatic heterocycles. The van der Waals surface area contributed by atoms with Crippen molar-refractivity contribution in [3.63, 3.8) is 0 Å². The summed E-state index contributed by atoms with van der Waals surface area (Å²) in [5.74, 6) is -11.8. The first kappa shape index (κ1) is 87.7. The molecule has 11 amide bonds. The maximum absolute atomic E-state index is 14.8. The zero-order valence-corrected chi connectivity index (χ0v) is 61.0. The van der Waals surface area contributed by atoms with Gasteiger partial charge in [0.25, 0.3) is 0 Å². The van der Waals surface area contributed by atoms with E-state index in [1.165, 1.54) is 16.7 Å². The predicted molar refractivity (Wildman–Crippen MR) is 389 cm³/mol. The summed E-state index contributed by atoms with van der Waals surface area (Å²) in [7, 11) is 0. The Morgan fingerprint density at radius 2 is 1.06 bits per heavy atom. The molecule has 35 nitrogen and oxygen atoms in total. The van der Waals surface area contributed by atoms with Gasteiger partial charge in [-0.25, -0.2) is 4.79 Å². The first-order valence-corrected chi connectivity index (χ1v) is 36.3. The minimum atomic E-state index is -1.81. The number of nitrogens with one attached hydrogen (secondary N) is 11. The monoisotopic (exact) mass is 1470 g/mol. The van der Waals surface area contributed by atoms with Gasteiger partial charge in [0.2, 0.25) is 65.0 Å². The molecular formula is C65H110N20O15S2. The number of benzene rings is 1. The number of carboxylic acid groups (broad SMARTS) is 1. The van der Waals surface area contributed by atoms with E-state index in [9.17, 15) is 72.9 Å². The third kappa shape index (κ3) is 29.8. The summed E-state index contributed by atoms with van der Waals surface area (Å²) in [4.78, 5) is 180. The average Bonchev–Trinajstić information content (AvgIpc) is 1.71. The number of carbonyl (C=O) groups is 12. The SMILES string of the molecule is CSCC[C@H](N)C(=O)N[C@@H](CC(C)C)C(=O)N[C@@H](CCCN=C(N)N)C(=O)N[C@@H](Cc1c[nH]c2ccccc12)C(=O)N[C@@H](CO)C(=O)N[C@@H](CCCN=C(N)N)C(=O)N[C@@H](CCCCN)C(=O)N[C@@H](CC(C)C)C(=O)N1CCC[C@H]1C(=O)N[C@@H](CS)C(=O)N[C@H](C(=O)N[C@@H](CO)C(=O)O)C(C)C. The number of unbranched alkanes of at least 4 members (excludes halogenated alkanes) is 1. The van der Waals surface area contributed by atoms with E-state index in [-0.39, 0.29) is 120 Å². The number of guanidine groups is 2. The van der Waals surface area contributed by atoms with Crippen molar-refractivity contribution >= 4 is 118 Å². The van der Waals surface area contributed by atoms with E-state index in [1.807, 2.05) is 20.1 Å². The van der Waals surface area contributed by atoms with E-state index in [2.05, 4.69) is 80.8 Å². The highest BCUT2D eigenvalue weighted by Crippen LogP contribution is 2.23.